The van der Waals surface area contributed by atoms with Crippen molar-refractivity contribution < 1.29 is 0 Å². The number of nitrogens with one attached hydrogen (secondary N) is 2. The fraction of sp³-hybridized carbons (Fsp3) is 0.429. The highest BCUT2D eigenvalue weighted by Crippen LogP contribution is 2.26. The van der Waals surface area contributed by atoms with Crippen molar-refractivity contribution in [3.63, 3.8) is 0 Å². The van der Waals surface area contributed by atoms with Crippen LogP contribution in [0.25, 0.3) is 10.9 Å². The highest BCUT2D eigenvalue weighted by Gasteiger charge is 2.15. The summed E-state index contributed by atoms with van der Waals surface area (Å²) in [7, 11) is 2.02. The van der Waals surface area contributed by atoms with Gasteiger partial charge in [0.2, 0.25) is 0 Å². The molecular formula is C14H20N2. The molecule has 0 amide bonds. The van der Waals surface area contributed by atoms with Crippen molar-refractivity contribution in [2.45, 2.75) is 19.8 Å². The van der Waals surface area contributed by atoms with E-state index in [4.69, 9.17) is 0 Å². The molecule has 1 atom stereocenters. The van der Waals surface area contributed by atoms with E-state index in [0.29, 0.717) is 11.8 Å². The molecule has 1 unspecified atom stereocenters. The normalized spacial score (nSPS) is 13.5. The van der Waals surface area contributed by atoms with Crippen molar-refractivity contribution in [2.75, 3.05) is 13.6 Å². The molecule has 1 heterocycles. The molecule has 0 saturated heterocycles. The minimum absolute atomic E-state index is 0.587. The Morgan fingerprint density at radius 3 is 2.75 bits per heavy atom. The third kappa shape index (κ3) is 2.12. The minimum atomic E-state index is 0.587. The first-order valence-electron chi connectivity index (χ1n) is 5.94. The SMILES string of the molecule is CNCC(c1ccc2[nH]ccc2c1)C(C)C. The van der Waals surface area contributed by atoms with Gasteiger partial charge in [0.05, 0.1) is 0 Å². The van der Waals surface area contributed by atoms with E-state index in [1.807, 2.05) is 13.2 Å². The molecule has 0 spiro atoms. The number of likely N-dealkylation sites (N-methyl/N-ethyl adjacent to an activating group) is 1. The molecule has 0 aliphatic carbocycles. The van der Waals surface area contributed by atoms with Crippen LogP contribution >= 0.6 is 0 Å². The first-order chi connectivity index (χ1) is 7.72. The summed E-state index contributed by atoms with van der Waals surface area (Å²) in [6.07, 6.45) is 2.00. The Bertz CT molecular complexity index is 456. The molecule has 2 nitrogen and oxygen atoms in total. The van der Waals surface area contributed by atoms with Crippen molar-refractivity contribution in [3.8, 4) is 0 Å². The number of hydrogen-bond acceptors (Lipinski definition) is 1. The van der Waals surface area contributed by atoms with Gasteiger partial charge in [0.15, 0.2) is 0 Å². The summed E-state index contributed by atoms with van der Waals surface area (Å²) in [5.74, 6) is 1.24. The lowest BCUT2D eigenvalue weighted by Gasteiger charge is -2.21. The number of H-pyrrole nitrogens is 1. The fourth-order valence-corrected chi connectivity index (χ4v) is 2.26. The van der Waals surface area contributed by atoms with Crippen LogP contribution in [-0.2, 0) is 0 Å². The Labute approximate surface area is 97.1 Å². The van der Waals surface area contributed by atoms with Gasteiger partial charge in [-0.15, -0.1) is 0 Å². The molecule has 2 N–H and O–H groups in total. The van der Waals surface area contributed by atoms with Crippen LogP contribution in [0, 0.1) is 5.92 Å². The standard InChI is InChI=1S/C14H20N2/c1-10(2)13(9-15-3)11-4-5-14-12(8-11)6-7-16-14/h4-8,10,13,15-16H,9H2,1-3H3. The third-order valence-corrected chi connectivity index (χ3v) is 3.23. The zero-order valence-corrected chi connectivity index (χ0v) is 10.2. The van der Waals surface area contributed by atoms with E-state index in [9.17, 15) is 0 Å². The average Bonchev–Trinajstić information content (AvgIpc) is 2.72. The van der Waals surface area contributed by atoms with Gasteiger partial charge in [-0.1, -0.05) is 19.9 Å². The van der Waals surface area contributed by atoms with Crippen molar-refractivity contribution in [1.29, 1.82) is 0 Å². The average molecular weight is 216 g/mol. The van der Waals surface area contributed by atoms with Gasteiger partial charge < -0.3 is 10.3 Å². The maximum atomic E-state index is 3.28. The Hall–Kier alpha value is -1.28. The molecule has 0 saturated carbocycles. The lowest BCUT2D eigenvalue weighted by molar-refractivity contribution is 0.479. The summed E-state index contributed by atoms with van der Waals surface area (Å²) in [5.41, 5.74) is 2.65. The molecule has 1 aromatic carbocycles. The van der Waals surface area contributed by atoms with Crippen LogP contribution < -0.4 is 5.32 Å². The van der Waals surface area contributed by atoms with E-state index >= 15 is 0 Å². The smallest absolute Gasteiger partial charge is 0.0454 e. The van der Waals surface area contributed by atoms with E-state index in [0.717, 1.165) is 6.54 Å². The first-order valence-corrected chi connectivity index (χ1v) is 5.94. The summed E-state index contributed by atoms with van der Waals surface area (Å²) in [6, 6.07) is 8.85. The number of benzene rings is 1. The van der Waals surface area contributed by atoms with Crippen molar-refractivity contribution in [3.05, 3.63) is 36.0 Å². The van der Waals surface area contributed by atoms with Crippen LogP contribution in [0.5, 0.6) is 0 Å². The maximum Gasteiger partial charge on any atom is 0.0454 e. The Balaban J connectivity index is 2.35. The minimum Gasteiger partial charge on any atom is -0.361 e. The van der Waals surface area contributed by atoms with Gasteiger partial charge in [-0.3, -0.25) is 0 Å². The number of hydrogen-bond donors (Lipinski definition) is 2. The van der Waals surface area contributed by atoms with Crippen LogP contribution in [-0.4, -0.2) is 18.6 Å². The van der Waals surface area contributed by atoms with Crippen LogP contribution in [0.4, 0.5) is 0 Å². The van der Waals surface area contributed by atoms with Gasteiger partial charge in [-0.2, -0.15) is 0 Å². The van der Waals surface area contributed by atoms with Gasteiger partial charge in [0.25, 0.3) is 0 Å². The number of fused-ring (bicyclic) bond motifs is 1. The molecule has 2 rings (SSSR count). The highest BCUT2D eigenvalue weighted by atomic mass is 14.8. The van der Waals surface area contributed by atoms with Crippen molar-refractivity contribution in [1.82, 2.24) is 10.3 Å². The molecule has 0 bridgehead atoms. The van der Waals surface area contributed by atoms with Crippen LogP contribution in [0.1, 0.15) is 25.3 Å². The second-order valence-corrected chi connectivity index (χ2v) is 4.73. The molecule has 0 aliphatic heterocycles. The van der Waals surface area contributed by atoms with Gasteiger partial charge in [0.1, 0.15) is 0 Å². The quantitative estimate of drug-likeness (QED) is 0.807. The third-order valence-electron chi connectivity index (χ3n) is 3.23. The molecule has 1 aromatic heterocycles. The molecule has 0 radical (unpaired) electrons. The largest absolute Gasteiger partial charge is 0.361 e. The van der Waals surface area contributed by atoms with Gasteiger partial charge >= 0.3 is 0 Å². The van der Waals surface area contributed by atoms with Crippen LogP contribution in [0.15, 0.2) is 30.5 Å². The van der Waals surface area contributed by atoms with Gasteiger partial charge in [-0.05, 0) is 48.0 Å². The van der Waals surface area contributed by atoms with E-state index in [1.54, 1.807) is 0 Å². The molecule has 16 heavy (non-hydrogen) atoms. The summed E-state index contributed by atoms with van der Waals surface area (Å²) in [5, 5.41) is 4.59. The summed E-state index contributed by atoms with van der Waals surface area (Å²) >= 11 is 0. The number of aromatic amines is 1. The summed E-state index contributed by atoms with van der Waals surface area (Å²) in [4.78, 5) is 3.23. The fourth-order valence-electron chi connectivity index (χ4n) is 2.26. The van der Waals surface area contributed by atoms with Crippen LogP contribution in [0.3, 0.4) is 0 Å². The topological polar surface area (TPSA) is 27.8 Å². The van der Waals surface area contributed by atoms with E-state index < -0.39 is 0 Å². The van der Waals surface area contributed by atoms with E-state index in [2.05, 4.69) is 48.4 Å². The summed E-state index contributed by atoms with van der Waals surface area (Å²) < 4.78 is 0. The molecule has 0 aliphatic rings. The predicted octanol–water partition coefficient (Wildman–Crippen LogP) is 3.13. The Morgan fingerprint density at radius 1 is 1.25 bits per heavy atom. The molecule has 0 fully saturated rings. The highest BCUT2D eigenvalue weighted by molar-refractivity contribution is 5.80. The lowest BCUT2D eigenvalue weighted by Crippen LogP contribution is -2.21. The molecule has 2 aromatic rings. The molecule has 2 heteroatoms. The molecular weight excluding hydrogens is 196 g/mol. The van der Waals surface area contributed by atoms with Gasteiger partial charge in [-0.25, -0.2) is 0 Å². The van der Waals surface area contributed by atoms with Crippen LogP contribution in [0.2, 0.25) is 0 Å². The Kier molecular flexibility index (Phi) is 3.30. The number of aromatic nitrogens is 1. The first kappa shape index (κ1) is 11.2. The second-order valence-electron chi connectivity index (χ2n) is 4.73. The van der Waals surface area contributed by atoms with E-state index in [1.165, 1.54) is 16.5 Å². The maximum absolute atomic E-state index is 3.28. The monoisotopic (exact) mass is 216 g/mol. The van der Waals surface area contributed by atoms with Crippen molar-refractivity contribution in [2.24, 2.45) is 5.92 Å². The predicted molar refractivity (Wildman–Crippen MR) is 69.8 cm³/mol. The molecule has 86 valence electrons. The lowest BCUT2D eigenvalue weighted by atomic mass is 9.88. The van der Waals surface area contributed by atoms with E-state index in [-0.39, 0.29) is 0 Å². The summed E-state index contributed by atoms with van der Waals surface area (Å²) in [6.45, 7) is 5.60. The van der Waals surface area contributed by atoms with Crippen molar-refractivity contribution >= 4 is 10.9 Å². The number of rotatable bonds is 4. The second kappa shape index (κ2) is 4.71. The zero-order chi connectivity index (χ0) is 11.5. The zero-order valence-electron chi connectivity index (χ0n) is 10.2. The van der Waals surface area contributed by atoms with Gasteiger partial charge in [0, 0.05) is 18.3 Å². The Morgan fingerprint density at radius 2 is 2.06 bits per heavy atom.